The van der Waals surface area contributed by atoms with E-state index in [2.05, 4.69) is 54.4 Å². The number of hydrogen-bond acceptors (Lipinski definition) is 2. The van der Waals surface area contributed by atoms with Crippen LogP contribution in [-0.2, 0) is 6.42 Å². The summed E-state index contributed by atoms with van der Waals surface area (Å²) in [5, 5.41) is 3.74. The zero-order valence-corrected chi connectivity index (χ0v) is 13.1. The number of piperidine rings is 1. The molecular formula is C18H30N2. The molecule has 1 aromatic carbocycles. The maximum absolute atomic E-state index is 3.74. The second-order valence-corrected chi connectivity index (χ2v) is 6.05. The molecule has 2 unspecified atom stereocenters. The molecule has 1 fully saturated rings. The van der Waals surface area contributed by atoms with Crippen LogP contribution in [0, 0.1) is 5.92 Å². The standard InChI is InChI=1S/C18H30N2/c1-3-12-19-18-11-14-20(15-17(18)4-2)13-10-16-8-6-5-7-9-16/h5-9,17-19H,3-4,10-15H2,1-2H3. The van der Waals surface area contributed by atoms with Crippen LogP contribution in [0.2, 0.25) is 0 Å². The van der Waals surface area contributed by atoms with Crippen LogP contribution >= 0.6 is 0 Å². The van der Waals surface area contributed by atoms with Crippen molar-refractivity contribution in [3.63, 3.8) is 0 Å². The molecule has 0 aliphatic carbocycles. The zero-order chi connectivity index (χ0) is 14.2. The average molecular weight is 274 g/mol. The number of benzene rings is 1. The van der Waals surface area contributed by atoms with E-state index in [1.165, 1.54) is 57.4 Å². The van der Waals surface area contributed by atoms with Crippen LogP contribution < -0.4 is 5.32 Å². The second kappa shape index (κ2) is 8.43. The van der Waals surface area contributed by atoms with Crippen molar-refractivity contribution in [1.82, 2.24) is 10.2 Å². The first kappa shape index (κ1) is 15.5. The van der Waals surface area contributed by atoms with Gasteiger partial charge in [-0.15, -0.1) is 0 Å². The number of rotatable bonds is 7. The monoisotopic (exact) mass is 274 g/mol. The van der Waals surface area contributed by atoms with Gasteiger partial charge in [-0.1, -0.05) is 50.6 Å². The van der Waals surface area contributed by atoms with Crippen LogP contribution in [0.25, 0.3) is 0 Å². The third-order valence-corrected chi connectivity index (χ3v) is 4.56. The SMILES string of the molecule is CCCNC1CCN(CCc2ccccc2)CC1CC. The molecule has 112 valence electrons. The van der Waals surface area contributed by atoms with Gasteiger partial charge in [0.25, 0.3) is 0 Å². The van der Waals surface area contributed by atoms with Gasteiger partial charge in [-0.05, 0) is 43.8 Å². The molecule has 20 heavy (non-hydrogen) atoms. The first-order valence-corrected chi connectivity index (χ1v) is 8.33. The largest absolute Gasteiger partial charge is 0.314 e. The molecule has 2 atom stereocenters. The summed E-state index contributed by atoms with van der Waals surface area (Å²) in [5.74, 6) is 0.825. The van der Waals surface area contributed by atoms with E-state index in [0.717, 1.165) is 12.0 Å². The normalized spacial score (nSPS) is 23.9. The van der Waals surface area contributed by atoms with Crippen molar-refractivity contribution < 1.29 is 0 Å². The predicted molar refractivity (Wildman–Crippen MR) is 87.1 cm³/mol. The topological polar surface area (TPSA) is 15.3 Å². The van der Waals surface area contributed by atoms with Crippen LogP contribution in [0.1, 0.15) is 38.7 Å². The molecule has 0 spiro atoms. The summed E-state index contributed by atoms with van der Waals surface area (Å²) in [6.07, 6.45) is 5.03. The van der Waals surface area contributed by atoms with Gasteiger partial charge < -0.3 is 10.2 Å². The van der Waals surface area contributed by atoms with Crippen molar-refractivity contribution in [2.45, 2.75) is 45.6 Å². The van der Waals surface area contributed by atoms with Crippen molar-refractivity contribution in [3.8, 4) is 0 Å². The van der Waals surface area contributed by atoms with Gasteiger partial charge in [-0.3, -0.25) is 0 Å². The lowest BCUT2D eigenvalue weighted by Gasteiger charge is -2.39. The molecule has 2 heteroatoms. The summed E-state index contributed by atoms with van der Waals surface area (Å²) in [6.45, 7) is 9.50. The maximum atomic E-state index is 3.74. The Hall–Kier alpha value is -0.860. The van der Waals surface area contributed by atoms with E-state index >= 15 is 0 Å². The Balaban J connectivity index is 1.78. The lowest BCUT2D eigenvalue weighted by molar-refractivity contribution is 0.136. The summed E-state index contributed by atoms with van der Waals surface area (Å²) in [7, 11) is 0. The predicted octanol–water partition coefficient (Wildman–Crippen LogP) is 3.33. The lowest BCUT2D eigenvalue weighted by atomic mass is 9.89. The van der Waals surface area contributed by atoms with E-state index in [4.69, 9.17) is 0 Å². The molecule has 1 aliphatic rings. The Morgan fingerprint density at radius 3 is 2.70 bits per heavy atom. The fourth-order valence-electron chi connectivity index (χ4n) is 3.25. The molecule has 2 nitrogen and oxygen atoms in total. The minimum atomic E-state index is 0.743. The van der Waals surface area contributed by atoms with E-state index in [-0.39, 0.29) is 0 Å². The van der Waals surface area contributed by atoms with Crippen molar-refractivity contribution in [2.75, 3.05) is 26.2 Å². The Kier molecular flexibility index (Phi) is 6.55. The fourth-order valence-corrected chi connectivity index (χ4v) is 3.25. The summed E-state index contributed by atoms with van der Waals surface area (Å²) < 4.78 is 0. The molecular weight excluding hydrogens is 244 g/mol. The molecule has 1 aromatic rings. The van der Waals surface area contributed by atoms with Gasteiger partial charge in [0.2, 0.25) is 0 Å². The summed E-state index contributed by atoms with van der Waals surface area (Å²) in [4.78, 5) is 2.66. The van der Waals surface area contributed by atoms with Gasteiger partial charge in [0.15, 0.2) is 0 Å². The highest BCUT2D eigenvalue weighted by atomic mass is 15.1. The molecule has 2 rings (SSSR count). The fraction of sp³-hybridized carbons (Fsp3) is 0.667. The van der Waals surface area contributed by atoms with Crippen LogP contribution in [-0.4, -0.2) is 37.1 Å². The van der Waals surface area contributed by atoms with Gasteiger partial charge in [-0.25, -0.2) is 0 Å². The molecule has 1 heterocycles. The minimum Gasteiger partial charge on any atom is -0.314 e. The van der Waals surface area contributed by atoms with E-state index in [1.807, 2.05) is 0 Å². The molecule has 1 N–H and O–H groups in total. The Morgan fingerprint density at radius 2 is 2.00 bits per heavy atom. The number of nitrogens with zero attached hydrogens (tertiary/aromatic N) is 1. The van der Waals surface area contributed by atoms with Crippen molar-refractivity contribution in [2.24, 2.45) is 5.92 Å². The van der Waals surface area contributed by atoms with Crippen LogP contribution in [0.15, 0.2) is 30.3 Å². The molecule has 0 aromatic heterocycles. The minimum absolute atomic E-state index is 0.743. The summed E-state index contributed by atoms with van der Waals surface area (Å²) >= 11 is 0. The van der Waals surface area contributed by atoms with E-state index in [1.54, 1.807) is 0 Å². The third-order valence-electron chi connectivity index (χ3n) is 4.56. The van der Waals surface area contributed by atoms with Crippen molar-refractivity contribution in [3.05, 3.63) is 35.9 Å². The van der Waals surface area contributed by atoms with Gasteiger partial charge in [0, 0.05) is 19.1 Å². The van der Waals surface area contributed by atoms with Gasteiger partial charge in [0.05, 0.1) is 0 Å². The smallest absolute Gasteiger partial charge is 0.0120 e. The Labute approximate surface area is 124 Å². The molecule has 0 radical (unpaired) electrons. The molecule has 0 amide bonds. The van der Waals surface area contributed by atoms with E-state index < -0.39 is 0 Å². The van der Waals surface area contributed by atoms with Crippen LogP contribution in [0.3, 0.4) is 0 Å². The van der Waals surface area contributed by atoms with Crippen molar-refractivity contribution >= 4 is 0 Å². The number of nitrogens with one attached hydrogen (secondary N) is 1. The molecule has 1 saturated heterocycles. The first-order chi connectivity index (χ1) is 9.83. The maximum Gasteiger partial charge on any atom is 0.0120 e. The number of likely N-dealkylation sites (tertiary alicyclic amines) is 1. The molecule has 1 aliphatic heterocycles. The Bertz CT molecular complexity index is 363. The summed E-state index contributed by atoms with van der Waals surface area (Å²) in [5.41, 5.74) is 1.46. The van der Waals surface area contributed by atoms with E-state index in [0.29, 0.717) is 0 Å². The van der Waals surface area contributed by atoms with Gasteiger partial charge in [0.1, 0.15) is 0 Å². The highest BCUT2D eigenvalue weighted by Gasteiger charge is 2.26. The van der Waals surface area contributed by atoms with Crippen LogP contribution in [0.4, 0.5) is 0 Å². The molecule has 0 saturated carbocycles. The highest BCUT2D eigenvalue weighted by Crippen LogP contribution is 2.20. The van der Waals surface area contributed by atoms with E-state index in [9.17, 15) is 0 Å². The van der Waals surface area contributed by atoms with Gasteiger partial charge >= 0.3 is 0 Å². The lowest BCUT2D eigenvalue weighted by Crippen LogP contribution is -2.49. The van der Waals surface area contributed by atoms with Gasteiger partial charge in [-0.2, -0.15) is 0 Å². The van der Waals surface area contributed by atoms with Crippen molar-refractivity contribution in [1.29, 1.82) is 0 Å². The first-order valence-electron chi connectivity index (χ1n) is 8.33. The quantitative estimate of drug-likeness (QED) is 0.820. The third kappa shape index (κ3) is 4.60. The summed E-state index contributed by atoms with van der Waals surface area (Å²) in [6, 6.07) is 11.6. The number of hydrogen-bond donors (Lipinski definition) is 1. The van der Waals surface area contributed by atoms with Crippen LogP contribution in [0.5, 0.6) is 0 Å². The highest BCUT2D eigenvalue weighted by molar-refractivity contribution is 5.14. The second-order valence-electron chi connectivity index (χ2n) is 6.05. The zero-order valence-electron chi connectivity index (χ0n) is 13.1. The average Bonchev–Trinajstić information content (AvgIpc) is 2.52. The Morgan fingerprint density at radius 1 is 1.20 bits per heavy atom. The molecule has 0 bridgehead atoms.